The fourth-order valence-corrected chi connectivity index (χ4v) is 2.91. The van der Waals surface area contributed by atoms with Crippen molar-refractivity contribution in [3.05, 3.63) is 38.3 Å². The van der Waals surface area contributed by atoms with E-state index < -0.39 is 0 Å². The summed E-state index contributed by atoms with van der Waals surface area (Å²) in [6, 6.07) is 3.80. The third-order valence-electron chi connectivity index (χ3n) is 2.28. The molecule has 2 rings (SSSR count). The number of halogens is 1. The number of hydrogen-bond donors (Lipinski definition) is 0. The zero-order valence-corrected chi connectivity index (χ0v) is 11.4. The van der Waals surface area contributed by atoms with Crippen LogP contribution >= 0.6 is 27.3 Å². The predicted molar refractivity (Wildman–Crippen MR) is 68.0 cm³/mol. The Morgan fingerprint density at radius 1 is 1.56 bits per heavy atom. The molecule has 0 amide bonds. The lowest BCUT2D eigenvalue weighted by atomic mass is 10.2. The summed E-state index contributed by atoms with van der Waals surface area (Å²) in [4.78, 5) is 12.7. The second-order valence-electron chi connectivity index (χ2n) is 3.63. The van der Waals surface area contributed by atoms with Gasteiger partial charge < -0.3 is 0 Å². The van der Waals surface area contributed by atoms with Crippen LogP contribution in [0, 0.1) is 6.92 Å². The largest absolute Gasteiger partial charge is 0.293 e. The molecule has 5 heteroatoms. The van der Waals surface area contributed by atoms with Gasteiger partial charge in [-0.3, -0.25) is 9.48 Å². The molecule has 0 fully saturated rings. The zero-order chi connectivity index (χ0) is 11.7. The lowest BCUT2D eigenvalue weighted by Gasteiger charge is -1.99. The Morgan fingerprint density at radius 2 is 2.31 bits per heavy atom. The van der Waals surface area contributed by atoms with Gasteiger partial charge in [0.2, 0.25) is 0 Å². The second kappa shape index (κ2) is 4.51. The molecule has 3 nitrogen and oxygen atoms in total. The van der Waals surface area contributed by atoms with Gasteiger partial charge in [-0.2, -0.15) is 5.10 Å². The lowest BCUT2D eigenvalue weighted by Crippen LogP contribution is -2.06. The molecule has 0 saturated heterocycles. The molecule has 2 heterocycles. The standard InChI is InChI=1S/C11H11BrN2OS/c1-7-3-9(14(2)13-7)5-10(15)11-4-8(12)6-16-11/h3-4,6H,5H2,1-2H3. The normalized spacial score (nSPS) is 10.7. The van der Waals surface area contributed by atoms with Gasteiger partial charge in [0.15, 0.2) is 5.78 Å². The second-order valence-corrected chi connectivity index (χ2v) is 5.46. The van der Waals surface area contributed by atoms with Gasteiger partial charge in [-0.25, -0.2) is 0 Å². The molecule has 0 N–H and O–H groups in total. The molecule has 16 heavy (non-hydrogen) atoms. The number of aryl methyl sites for hydroxylation is 2. The van der Waals surface area contributed by atoms with Crippen molar-refractivity contribution in [1.82, 2.24) is 9.78 Å². The van der Waals surface area contributed by atoms with E-state index in [1.165, 1.54) is 11.3 Å². The number of ketones is 1. The van der Waals surface area contributed by atoms with Crippen LogP contribution in [0.3, 0.4) is 0 Å². The van der Waals surface area contributed by atoms with Gasteiger partial charge >= 0.3 is 0 Å². The van der Waals surface area contributed by atoms with Crippen molar-refractivity contribution < 1.29 is 4.79 Å². The number of Topliss-reactive ketones (excluding diaryl/α,β-unsaturated/α-hetero) is 1. The Kier molecular flexibility index (Phi) is 3.25. The molecule has 0 aliphatic carbocycles. The monoisotopic (exact) mass is 298 g/mol. The van der Waals surface area contributed by atoms with E-state index >= 15 is 0 Å². The summed E-state index contributed by atoms with van der Waals surface area (Å²) in [6.07, 6.45) is 0.407. The van der Waals surface area contributed by atoms with E-state index in [-0.39, 0.29) is 5.78 Å². The minimum absolute atomic E-state index is 0.138. The number of thiophene rings is 1. The number of nitrogens with zero attached hydrogens (tertiary/aromatic N) is 2. The minimum atomic E-state index is 0.138. The first-order valence-corrected chi connectivity index (χ1v) is 6.50. The van der Waals surface area contributed by atoms with Crippen LogP contribution in [0.2, 0.25) is 0 Å². The molecule has 0 aromatic carbocycles. The zero-order valence-electron chi connectivity index (χ0n) is 9.03. The van der Waals surface area contributed by atoms with Crippen molar-refractivity contribution in [2.24, 2.45) is 7.05 Å². The first-order chi connectivity index (χ1) is 7.56. The van der Waals surface area contributed by atoms with Crippen LogP contribution in [-0.2, 0) is 13.5 Å². The third kappa shape index (κ3) is 2.41. The summed E-state index contributed by atoms with van der Waals surface area (Å²) in [5.41, 5.74) is 1.89. The van der Waals surface area contributed by atoms with Crippen LogP contribution in [0.15, 0.2) is 22.0 Å². The van der Waals surface area contributed by atoms with E-state index in [4.69, 9.17) is 0 Å². The fourth-order valence-electron chi connectivity index (χ4n) is 1.54. The summed E-state index contributed by atoms with van der Waals surface area (Å²) in [5.74, 6) is 0.138. The van der Waals surface area contributed by atoms with Crippen LogP contribution in [0.1, 0.15) is 21.1 Å². The predicted octanol–water partition coefficient (Wildman–Crippen LogP) is 2.98. The van der Waals surface area contributed by atoms with Gasteiger partial charge in [-0.1, -0.05) is 0 Å². The average Bonchev–Trinajstić information content (AvgIpc) is 2.74. The molecule has 2 aromatic rings. The molecule has 0 spiro atoms. The minimum Gasteiger partial charge on any atom is -0.293 e. The van der Waals surface area contributed by atoms with Crippen LogP contribution in [0.4, 0.5) is 0 Å². The number of carbonyl (C=O) groups excluding carboxylic acids is 1. The van der Waals surface area contributed by atoms with Crippen molar-refractivity contribution >= 4 is 33.0 Å². The maximum absolute atomic E-state index is 11.9. The maximum atomic E-state index is 11.9. The van der Waals surface area contributed by atoms with Gasteiger partial charge in [-0.05, 0) is 35.0 Å². The molecule has 0 saturated carbocycles. The van der Waals surface area contributed by atoms with Crippen LogP contribution < -0.4 is 0 Å². The SMILES string of the molecule is Cc1cc(CC(=O)c2cc(Br)cs2)n(C)n1. The Morgan fingerprint density at radius 3 is 2.81 bits per heavy atom. The number of aromatic nitrogens is 2. The highest BCUT2D eigenvalue weighted by molar-refractivity contribution is 9.10. The van der Waals surface area contributed by atoms with E-state index in [0.29, 0.717) is 6.42 Å². The highest BCUT2D eigenvalue weighted by atomic mass is 79.9. The van der Waals surface area contributed by atoms with E-state index in [2.05, 4.69) is 21.0 Å². The molecule has 2 aromatic heterocycles. The summed E-state index contributed by atoms with van der Waals surface area (Å²) < 4.78 is 2.72. The van der Waals surface area contributed by atoms with Gasteiger partial charge in [-0.15, -0.1) is 11.3 Å². The summed E-state index contributed by atoms with van der Waals surface area (Å²) in [6.45, 7) is 1.93. The van der Waals surface area contributed by atoms with Gasteiger partial charge in [0.05, 0.1) is 17.0 Å². The van der Waals surface area contributed by atoms with Gasteiger partial charge in [0, 0.05) is 22.6 Å². The van der Waals surface area contributed by atoms with E-state index in [1.807, 2.05) is 31.5 Å². The molecule has 0 atom stereocenters. The van der Waals surface area contributed by atoms with Crippen molar-refractivity contribution in [1.29, 1.82) is 0 Å². The van der Waals surface area contributed by atoms with Crippen molar-refractivity contribution in [3.8, 4) is 0 Å². The Balaban J connectivity index is 2.16. The third-order valence-corrected chi connectivity index (χ3v) is 4.01. The van der Waals surface area contributed by atoms with Crippen molar-refractivity contribution in [3.63, 3.8) is 0 Å². The smallest absolute Gasteiger partial charge is 0.178 e. The lowest BCUT2D eigenvalue weighted by molar-refractivity contribution is 0.0994. The number of hydrogen-bond acceptors (Lipinski definition) is 3. The Labute approximate surface area is 106 Å². The fraction of sp³-hybridized carbons (Fsp3) is 0.273. The van der Waals surface area contributed by atoms with E-state index in [1.54, 1.807) is 4.68 Å². The van der Waals surface area contributed by atoms with Gasteiger partial charge in [0.1, 0.15) is 0 Å². The first-order valence-electron chi connectivity index (χ1n) is 4.83. The van der Waals surface area contributed by atoms with Gasteiger partial charge in [0.25, 0.3) is 0 Å². The molecule has 0 radical (unpaired) electrons. The van der Waals surface area contributed by atoms with Crippen LogP contribution in [0.25, 0.3) is 0 Å². The maximum Gasteiger partial charge on any atom is 0.178 e. The van der Waals surface area contributed by atoms with Crippen molar-refractivity contribution in [2.45, 2.75) is 13.3 Å². The molecule has 0 unspecified atom stereocenters. The molecule has 0 bridgehead atoms. The number of rotatable bonds is 3. The summed E-state index contributed by atoms with van der Waals surface area (Å²) in [7, 11) is 1.86. The van der Waals surface area contributed by atoms with Crippen LogP contribution in [-0.4, -0.2) is 15.6 Å². The molecule has 0 aliphatic rings. The first kappa shape index (κ1) is 11.5. The van der Waals surface area contributed by atoms with Crippen LogP contribution in [0.5, 0.6) is 0 Å². The number of carbonyl (C=O) groups is 1. The highest BCUT2D eigenvalue weighted by Crippen LogP contribution is 2.21. The van der Waals surface area contributed by atoms with E-state index in [9.17, 15) is 4.79 Å². The highest BCUT2D eigenvalue weighted by Gasteiger charge is 2.12. The molecule has 84 valence electrons. The summed E-state index contributed by atoms with van der Waals surface area (Å²) in [5, 5.41) is 6.14. The van der Waals surface area contributed by atoms with E-state index in [0.717, 1.165) is 20.7 Å². The Bertz CT molecular complexity index is 530. The summed E-state index contributed by atoms with van der Waals surface area (Å²) >= 11 is 4.81. The quantitative estimate of drug-likeness (QED) is 0.817. The molecular weight excluding hydrogens is 288 g/mol. The van der Waals surface area contributed by atoms with Crippen molar-refractivity contribution in [2.75, 3.05) is 0 Å². The molecule has 0 aliphatic heterocycles. The average molecular weight is 299 g/mol. The topological polar surface area (TPSA) is 34.9 Å². The Hall–Kier alpha value is -0.940. The molecular formula is C11H11BrN2OS.